The lowest BCUT2D eigenvalue weighted by Crippen LogP contribution is -2.37. The molecule has 2 heterocycles. The number of halogens is 1. The first-order valence-electron chi connectivity index (χ1n) is 11.3. The first-order chi connectivity index (χ1) is 16.2. The maximum atomic E-state index is 13.3. The summed E-state index contributed by atoms with van der Waals surface area (Å²) in [6.07, 6.45) is 0. The molecule has 1 aliphatic heterocycles. The Balaban J connectivity index is 1.66. The number of aromatic nitrogens is 4. The summed E-state index contributed by atoms with van der Waals surface area (Å²) in [4.78, 5) is 16.9. The fourth-order valence-electron chi connectivity index (χ4n) is 4.02. The summed E-state index contributed by atoms with van der Waals surface area (Å²) in [5.74, 6) is 1.07. The van der Waals surface area contributed by atoms with Crippen molar-refractivity contribution in [1.82, 2.24) is 20.2 Å². The van der Waals surface area contributed by atoms with Gasteiger partial charge in [0.25, 0.3) is 0 Å². The van der Waals surface area contributed by atoms with Gasteiger partial charge in [-0.05, 0) is 47.4 Å². The van der Waals surface area contributed by atoms with E-state index >= 15 is 0 Å². The molecule has 0 radical (unpaired) electrons. The molecule has 180 valence electrons. The van der Waals surface area contributed by atoms with Gasteiger partial charge < -0.3 is 14.4 Å². The lowest BCUT2D eigenvalue weighted by molar-refractivity contribution is 0.0961. The third-order valence-electron chi connectivity index (χ3n) is 5.86. The number of ketones is 1. The van der Waals surface area contributed by atoms with Crippen LogP contribution in [-0.4, -0.2) is 59.4 Å². The third kappa shape index (κ3) is 5.08. The number of aryl methyl sites for hydroxylation is 1. The molecule has 9 heteroatoms. The van der Waals surface area contributed by atoms with Crippen LogP contribution in [0.5, 0.6) is 5.75 Å². The zero-order valence-electron chi connectivity index (χ0n) is 20.3. The van der Waals surface area contributed by atoms with Crippen LogP contribution in [0, 0.1) is 6.92 Å². The molecule has 0 aliphatic carbocycles. The Labute approximate surface area is 204 Å². The standard InChI is InChI=1S/C25H30ClN5O3/c1-16-6-7-18(20(26)12-16)24-27-29-31(28-24)15-22(32)17-13-19(25(2,3)4)23(33-5)21(14-17)30-8-10-34-11-9-30/h6-7,12-14H,8-11,15H2,1-5H3. The molecule has 0 bridgehead atoms. The van der Waals surface area contributed by atoms with Gasteiger partial charge in [-0.2, -0.15) is 4.80 Å². The molecule has 0 unspecified atom stereocenters. The second kappa shape index (κ2) is 9.72. The minimum absolute atomic E-state index is 0.0328. The average Bonchev–Trinajstić information content (AvgIpc) is 3.26. The van der Waals surface area contributed by atoms with Gasteiger partial charge in [0.2, 0.25) is 5.82 Å². The van der Waals surface area contributed by atoms with Crippen LogP contribution in [0.25, 0.3) is 11.4 Å². The van der Waals surface area contributed by atoms with Crippen molar-refractivity contribution in [2.75, 3.05) is 38.3 Å². The number of rotatable bonds is 6. The van der Waals surface area contributed by atoms with Crippen LogP contribution < -0.4 is 9.64 Å². The zero-order valence-corrected chi connectivity index (χ0v) is 21.0. The smallest absolute Gasteiger partial charge is 0.206 e. The molecule has 0 saturated carbocycles. The van der Waals surface area contributed by atoms with E-state index in [1.165, 1.54) is 4.80 Å². The number of carbonyl (C=O) groups excluding carboxylic acids is 1. The van der Waals surface area contributed by atoms with Crippen LogP contribution in [0.2, 0.25) is 5.02 Å². The van der Waals surface area contributed by atoms with Crippen molar-refractivity contribution in [3.63, 3.8) is 0 Å². The highest BCUT2D eigenvalue weighted by Crippen LogP contribution is 2.40. The van der Waals surface area contributed by atoms with Crippen molar-refractivity contribution in [1.29, 1.82) is 0 Å². The first-order valence-corrected chi connectivity index (χ1v) is 11.7. The van der Waals surface area contributed by atoms with Crippen LogP contribution in [-0.2, 0) is 16.7 Å². The van der Waals surface area contributed by atoms with E-state index < -0.39 is 0 Å². The van der Waals surface area contributed by atoms with Gasteiger partial charge in [-0.15, -0.1) is 10.2 Å². The Morgan fingerprint density at radius 2 is 1.91 bits per heavy atom. The molecule has 34 heavy (non-hydrogen) atoms. The van der Waals surface area contributed by atoms with Crippen LogP contribution in [0.1, 0.15) is 42.3 Å². The molecule has 0 N–H and O–H groups in total. The highest BCUT2D eigenvalue weighted by Gasteiger charge is 2.27. The van der Waals surface area contributed by atoms with Crippen LogP contribution >= 0.6 is 11.6 Å². The van der Waals surface area contributed by atoms with E-state index in [4.69, 9.17) is 21.1 Å². The Hall–Kier alpha value is -2.97. The number of morpholine rings is 1. The normalized spacial score (nSPS) is 14.4. The van der Waals surface area contributed by atoms with E-state index in [0.717, 1.165) is 35.7 Å². The maximum Gasteiger partial charge on any atom is 0.206 e. The highest BCUT2D eigenvalue weighted by atomic mass is 35.5. The molecule has 0 spiro atoms. The summed E-state index contributed by atoms with van der Waals surface area (Å²) in [6, 6.07) is 9.46. The second-order valence-corrected chi connectivity index (χ2v) is 9.88. The second-order valence-electron chi connectivity index (χ2n) is 9.48. The lowest BCUT2D eigenvalue weighted by atomic mass is 9.84. The summed E-state index contributed by atoms with van der Waals surface area (Å²) < 4.78 is 11.4. The van der Waals surface area contributed by atoms with Gasteiger partial charge in [-0.25, -0.2) is 0 Å². The van der Waals surface area contributed by atoms with Crippen molar-refractivity contribution >= 4 is 23.1 Å². The molecule has 1 saturated heterocycles. The Bertz CT molecular complexity index is 1200. The Morgan fingerprint density at radius 1 is 1.18 bits per heavy atom. The predicted molar refractivity (Wildman–Crippen MR) is 132 cm³/mol. The largest absolute Gasteiger partial charge is 0.494 e. The van der Waals surface area contributed by atoms with Gasteiger partial charge >= 0.3 is 0 Å². The molecular weight excluding hydrogens is 454 g/mol. The van der Waals surface area contributed by atoms with Gasteiger partial charge in [-0.3, -0.25) is 4.79 Å². The molecule has 4 rings (SSSR count). The maximum absolute atomic E-state index is 13.3. The zero-order chi connectivity index (χ0) is 24.5. The van der Waals surface area contributed by atoms with Crippen LogP contribution in [0.15, 0.2) is 30.3 Å². The van der Waals surface area contributed by atoms with E-state index in [0.29, 0.717) is 35.2 Å². The van der Waals surface area contributed by atoms with Crippen molar-refractivity contribution in [2.24, 2.45) is 0 Å². The minimum Gasteiger partial charge on any atom is -0.494 e. The molecule has 8 nitrogen and oxygen atoms in total. The van der Waals surface area contributed by atoms with Gasteiger partial charge in [0.15, 0.2) is 5.78 Å². The summed E-state index contributed by atoms with van der Waals surface area (Å²) in [7, 11) is 1.67. The Kier molecular flexibility index (Phi) is 6.91. The molecule has 1 aliphatic rings. The fraction of sp³-hybridized carbons (Fsp3) is 0.440. The van der Waals surface area contributed by atoms with Gasteiger partial charge in [0.05, 0.1) is 31.0 Å². The third-order valence-corrected chi connectivity index (χ3v) is 6.17. The number of nitrogens with zero attached hydrogens (tertiary/aromatic N) is 5. The number of hydrogen-bond acceptors (Lipinski definition) is 7. The van der Waals surface area contributed by atoms with Gasteiger partial charge in [-0.1, -0.05) is 38.4 Å². The Morgan fingerprint density at radius 3 is 2.56 bits per heavy atom. The molecule has 2 aromatic carbocycles. The van der Waals surface area contributed by atoms with E-state index in [1.54, 1.807) is 7.11 Å². The number of tetrazole rings is 1. The van der Waals surface area contributed by atoms with Crippen molar-refractivity contribution in [3.05, 3.63) is 52.0 Å². The summed E-state index contributed by atoms with van der Waals surface area (Å²) in [5.41, 5.74) is 3.96. The number of ether oxygens (including phenoxy) is 2. The van der Waals surface area contributed by atoms with Gasteiger partial charge in [0, 0.05) is 29.8 Å². The first kappa shape index (κ1) is 24.2. The van der Waals surface area contributed by atoms with Crippen molar-refractivity contribution in [3.8, 4) is 17.1 Å². The fourth-order valence-corrected chi connectivity index (χ4v) is 4.34. The van der Waals surface area contributed by atoms with Crippen LogP contribution in [0.3, 0.4) is 0 Å². The summed E-state index contributed by atoms with van der Waals surface area (Å²) in [5, 5.41) is 13.1. The van der Waals surface area contributed by atoms with Crippen LogP contribution in [0.4, 0.5) is 5.69 Å². The minimum atomic E-state index is -0.219. The molecule has 0 atom stereocenters. The topological polar surface area (TPSA) is 82.4 Å². The van der Waals surface area contributed by atoms with Gasteiger partial charge in [0.1, 0.15) is 12.3 Å². The van der Waals surface area contributed by atoms with E-state index in [2.05, 4.69) is 41.1 Å². The highest BCUT2D eigenvalue weighted by molar-refractivity contribution is 6.33. The molecule has 0 amide bonds. The van der Waals surface area contributed by atoms with Crippen molar-refractivity contribution in [2.45, 2.75) is 39.7 Å². The monoisotopic (exact) mass is 483 g/mol. The molecule has 1 aromatic heterocycles. The lowest BCUT2D eigenvalue weighted by Gasteiger charge is -2.33. The number of methoxy groups -OCH3 is 1. The SMILES string of the molecule is COc1c(N2CCOCC2)cc(C(=O)Cn2nnc(-c3ccc(C)cc3Cl)n2)cc1C(C)(C)C. The number of benzene rings is 2. The van der Waals surface area contributed by atoms with E-state index in [9.17, 15) is 4.79 Å². The molecule has 3 aromatic rings. The summed E-state index contributed by atoms with van der Waals surface area (Å²) >= 11 is 6.35. The predicted octanol–water partition coefficient (Wildman–Crippen LogP) is 4.33. The number of anilines is 1. The summed E-state index contributed by atoms with van der Waals surface area (Å²) in [6.45, 7) is 11.0. The van der Waals surface area contributed by atoms with Crippen molar-refractivity contribution < 1.29 is 14.3 Å². The number of Topliss-reactive ketones (excluding diaryl/α,β-unsaturated/α-hetero) is 1. The number of carbonyl (C=O) groups is 1. The molecular formula is C25H30ClN5O3. The van der Waals surface area contributed by atoms with E-state index in [1.807, 2.05) is 37.3 Å². The average molecular weight is 484 g/mol. The quantitative estimate of drug-likeness (QED) is 0.482. The van der Waals surface area contributed by atoms with E-state index in [-0.39, 0.29) is 17.7 Å². The molecule has 1 fully saturated rings. The number of hydrogen-bond donors (Lipinski definition) is 0.